The molecule has 7 heteroatoms. The van der Waals surface area contributed by atoms with Gasteiger partial charge in [0, 0.05) is 17.4 Å². The number of benzene rings is 2. The third-order valence-electron chi connectivity index (χ3n) is 4.50. The van der Waals surface area contributed by atoms with Crippen LogP contribution in [-0.2, 0) is 9.59 Å². The fraction of sp³-hybridized carbons (Fsp3) is 0.300. The molecule has 2 heterocycles. The minimum Gasteiger partial charge on any atom is -0.486 e. The highest BCUT2D eigenvalue weighted by molar-refractivity contribution is 8.00. The fourth-order valence-corrected chi connectivity index (χ4v) is 4.08. The highest BCUT2D eigenvalue weighted by Gasteiger charge is 2.29. The molecule has 0 unspecified atom stereocenters. The Morgan fingerprint density at radius 2 is 1.96 bits per heavy atom. The van der Waals surface area contributed by atoms with Crippen LogP contribution in [-0.4, -0.2) is 36.8 Å². The van der Waals surface area contributed by atoms with Gasteiger partial charge in [0.1, 0.15) is 13.2 Å². The second-order valence-electron chi connectivity index (χ2n) is 6.48. The smallest absolute Gasteiger partial charge is 0.237 e. The molecule has 0 saturated heterocycles. The normalized spacial score (nSPS) is 18.3. The molecule has 6 nitrogen and oxygen atoms in total. The number of amides is 2. The van der Waals surface area contributed by atoms with Gasteiger partial charge in [-0.15, -0.1) is 11.8 Å². The molecule has 0 bridgehead atoms. The third kappa shape index (κ3) is 3.73. The molecule has 1 atom stereocenters. The summed E-state index contributed by atoms with van der Waals surface area (Å²) in [5.41, 5.74) is 1.41. The number of rotatable bonds is 3. The van der Waals surface area contributed by atoms with Gasteiger partial charge in [-0.05, 0) is 37.3 Å². The zero-order valence-corrected chi connectivity index (χ0v) is 15.8. The first kappa shape index (κ1) is 17.7. The number of thioether (sulfide) groups is 1. The minimum atomic E-state index is -0.206. The van der Waals surface area contributed by atoms with E-state index in [0.29, 0.717) is 24.7 Å². The first-order chi connectivity index (χ1) is 13.1. The van der Waals surface area contributed by atoms with Crippen molar-refractivity contribution in [1.29, 1.82) is 0 Å². The van der Waals surface area contributed by atoms with E-state index in [2.05, 4.69) is 5.32 Å². The average Bonchev–Trinajstić information content (AvgIpc) is 2.80. The molecule has 0 aliphatic carbocycles. The zero-order valence-electron chi connectivity index (χ0n) is 14.9. The van der Waals surface area contributed by atoms with E-state index >= 15 is 0 Å². The number of nitrogens with one attached hydrogen (secondary N) is 1. The lowest BCUT2D eigenvalue weighted by Gasteiger charge is -2.27. The number of nitrogens with zero attached hydrogens (tertiary/aromatic N) is 1. The van der Waals surface area contributed by atoms with Gasteiger partial charge in [-0.25, -0.2) is 0 Å². The summed E-state index contributed by atoms with van der Waals surface area (Å²) in [5, 5.41) is 2.88. The predicted molar refractivity (Wildman–Crippen MR) is 105 cm³/mol. The van der Waals surface area contributed by atoms with Crippen molar-refractivity contribution in [3.05, 3.63) is 42.5 Å². The Bertz CT molecular complexity index is 886. The standard InChI is InChI=1S/C20H20N2O4S/c1-13-10-19(23)21-15-4-2-3-5-16(15)22(13)20(24)12-27-14-6-7-17-18(11-14)26-9-8-25-17/h2-7,11,13H,8-10,12H2,1H3,(H,21,23)/t13-/m0/s1. The molecule has 27 heavy (non-hydrogen) atoms. The summed E-state index contributed by atoms with van der Waals surface area (Å²) in [7, 11) is 0. The Kier molecular flexibility index (Phi) is 4.94. The summed E-state index contributed by atoms with van der Waals surface area (Å²) in [6.07, 6.45) is 0.273. The van der Waals surface area contributed by atoms with Crippen molar-refractivity contribution in [3.8, 4) is 11.5 Å². The van der Waals surface area contributed by atoms with Gasteiger partial charge in [-0.2, -0.15) is 0 Å². The monoisotopic (exact) mass is 384 g/mol. The quantitative estimate of drug-likeness (QED) is 0.823. The van der Waals surface area contributed by atoms with E-state index in [9.17, 15) is 9.59 Å². The van der Waals surface area contributed by atoms with Crippen LogP contribution in [0.2, 0.25) is 0 Å². The number of hydrogen-bond acceptors (Lipinski definition) is 5. The number of anilines is 2. The highest BCUT2D eigenvalue weighted by atomic mass is 32.2. The van der Waals surface area contributed by atoms with Crippen LogP contribution >= 0.6 is 11.8 Å². The van der Waals surface area contributed by atoms with Crippen LogP contribution in [0.15, 0.2) is 47.4 Å². The fourth-order valence-electron chi connectivity index (χ4n) is 3.30. The molecule has 0 fully saturated rings. The van der Waals surface area contributed by atoms with Gasteiger partial charge in [0.2, 0.25) is 11.8 Å². The molecule has 0 spiro atoms. The second kappa shape index (κ2) is 7.52. The maximum absolute atomic E-state index is 13.0. The number of hydrogen-bond donors (Lipinski definition) is 1. The summed E-state index contributed by atoms with van der Waals surface area (Å²) in [5.74, 6) is 1.60. The SMILES string of the molecule is C[C@H]1CC(=O)Nc2ccccc2N1C(=O)CSc1ccc2c(c1)OCCO2. The Balaban J connectivity index is 1.51. The zero-order chi connectivity index (χ0) is 18.8. The van der Waals surface area contributed by atoms with Crippen molar-refractivity contribution in [3.63, 3.8) is 0 Å². The lowest BCUT2D eigenvalue weighted by Crippen LogP contribution is -2.40. The van der Waals surface area contributed by atoms with Gasteiger partial charge in [0.25, 0.3) is 0 Å². The lowest BCUT2D eigenvalue weighted by molar-refractivity contribution is -0.117. The van der Waals surface area contributed by atoms with Gasteiger partial charge < -0.3 is 19.7 Å². The summed E-state index contributed by atoms with van der Waals surface area (Å²) in [4.78, 5) is 27.7. The van der Waals surface area contributed by atoms with Crippen molar-refractivity contribution in [1.82, 2.24) is 0 Å². The van der Waals surface area contributed by atoms with Crippen LogP contribution in [0, 0.1) is 0 Å². The molecule has 2 aromatic rings. The molecule has 1 N–H and O–H groups in total. The molecule has 0 radical (unpaired) electrons. The molecule has 0 saturated carbocycles. The Morgan fingerprint density at radius 3 is 2.81 bits per heavy atom. The van der Waals surface area contributed by atoms with Gasteiger partial charge >= 0.3 is 0 Å². The van der Waals surface area contributed by atoms with Gasteiger partial charge in [-0.3, -0.25) is 9.59 Å². The Hall–Kier alpha value is -2.67. The van der Waals surface area contributed by atoms with E-state index in [0.717, 1.165) is 16.3 Å². The topological polar surface area (TPSA) is 67.9 Å². The molecule has 140 valence electrons. The Labute approximate surface area is 161 Å². The van der Waals surface area contributed by atoms with E-state index in [1.54, 1.807) is 4.90 Å². The average molecular weight is 384 g/mol. The summed E-state index contributed by atoms with van der Waals surface area (Å²) in [6.45, 7) is 2.98. The van der Waals surface area contributed by atoms with Crippen molar-refractivity contribution < 1.29 is 19.1 Å². The van der Waals surface area contributed by atoms with Crippen molar-refractivity contribution >= 4 is 35.0 Å². The molecule has 2 amide bonds. The number of para-hydroxylation sites is 2. The number of ether oxygens (including phenoxy) is 2. The van der Waals surface area contributed by atoms with Gasteiger partial charge in [0.05, 0.1) is 17.1 Å². The minimum absolute atomic E-state index is 0.0358. The summed E-state index contributed by atoms with van der Waals surface area (Å²) >= 11 is 1.45. The van der Waals surface area contributed by atoms with Crippen molar-refractivity contribution in [2.24, 2.45) is 0 Å². The summed E-state index contributed by atoms with van der Waals surface area (Å²) < 4.78 is 11.1. The third-order valence-corrected chi connectivity index (χ3v) is 5.48. The van der Waals surface area contributed by atoms with Crippen LogP contribution in [0.1, 0.15) is 13.3 Å². The second-order valence-corrected chi connectivity index (χ2v) is 7.53. The molecule has 2 aliphatic rings. The van der Waals surface area contributed by atoms with Crippen LogP contribution in [0.4, 0.5) is 11.4 Å². The first-order valence-corrected chi connectivity index (χ1v) is 9.84. The maximum atomic E-state index is 13.0. The molecule has 4 rings (SSSR count). The van der Waals surface area contributed by atoms with E-state index in [4.69, 9.17) is 9.47 Å². The predicted octanol–water partition coefficient (Wildman–Crippen LogP) is 3.31. The molecular weight excluding hydrogens is 364 g/mol. The maximum Gasteiger partial charge on any atom is 0.237 e. The lowest BCUT2D eigenvalue weighted by atomic mass is 10.2. The largest absolute Gasteiger partial charge is 0.486 e. The van der Waals surface area contributed by atoms with Crippen LogP contribution in [0.5, 0.6) is 11.5 Å². The van der Waals surface area contributed by atoms with Gasteiger partial charge in [0.15, 0.2) is 11.5 Å². The van der Waals surface area contributed by atoms with Crippen LogP contribution in [0.3, 0.4) is 0 Å². The Morgan fingerprint density at radius 1 is 1.19 bits per heavy atom. The molecular formula is C20H20N2O4S. The van der Waals surface area contributed by atoms with Crippen LogP contribution in [0.25, 0.3) is 0 Å². The molecule has 0 aromatic heterocycles. The highest BCUT2D eigenvalue weighted by Crippen LogP contribution is 2.35. The summed E-state index contributed by atoms with van der Waals surface area (Å²) in [6, 6.07) is 12.9. The van der Waals surface area contributed by atoms with Gasteiger partial charge in [-0.1, -0.05) is 12.1 Å². The number of carbonyl (C=O) groups is 2. The molecule has 2 aliphatic heterocycles. The van der Waals surface area contributed by atoms with Crippen molar-refractivity contribution in [2.45, 2.75) is 24.3 Å². The number of fused-ring (bicyclic) bond motifs is 2. The number of carbonyl (C=O) groups excluding carboxylic acids is 2. The van der Waals surface area contributed by atoms with E-state index in [1.807, 2.05) is 49.4 Å². The van der Waals surface area contributed by atoms with Crippen LogP contribution < -0.4 is 19.7 Å². The first-order valence-electron chi connectivity index (χ1n) is 8.85. The van der Waals surface area contributed by atoms with E-state index < -0.39 is 0 Å². The molecule has 2 aromatic carbocycles. The van der Waals surface area contributed by atoms with E-state index in [1.165, 1.54) is 11.8 Å². The van der Waals surface area contributed by atoms with E-state index in [-0.39, 0.29) is 30.0 Å². The van der Waals surface area contributed by atoms with Crippen molar-refractivity contribution in [2.75, 3.05) is 29.2 Å².